The van der Waals surface area contributed by atoms with Crippen molar-refractivity contribution < 1.29 is 18.7 Å². The van der Waals surface area contributed by atoms with Crippen molar-refractivity contribution in [3.63, 3.8) is 0 Å². The third-order valence-corrected chi connectivity index (χ3v) is 4.56. The molecule has 27 heavy (non-hydrogen) atoms. The second kappa shape index (κ2) is 8.18. The first-order chi connectivity index (χ1) is 13.0. The minimum Gasteiger partial charge on any atom is -0.496 e. The highest BCUT2D eigenvalue weighted by atomic mass is 19.1. The van der Waals surface area contributed by atoms with Gasteiger partial charge in [-0.15, -0.1) is 0 Å². The number of benzene rings is 2. The topological polar surface area (TPSA) is 93.4 Å². The van der Waals surface area contributed by atoms with Crippen LogP contribution in [0.15, 0.2) is 42.5 Å². The number of rotatable bonds is 6. The van der Waals surface area contributed by atoms with E-state index >= 15 is 0 Å². The first-order valence-corrected chi connectivity index (χ1v) is 8.73. The second-order valence-corrected chi connectivity index (χ2v) is 6.56. The standard InChI is InChI=1S/C20H22FN3O3/c1-27-18-8-4-7-16-14(18)11-17(20(26)24-16)23-19(25)10-13(22)9-12-5-2-3-6-15(12)21/h2-8,13,17H,9-11,22H2,1H3,(H,23,25)(H,24,26)/t13-,17?/m1/s1. The Morgan fingerprint density at radius 3 is 2.85 bits per heavy atom. The van der Waals surface area contributed by atoms with Gasteiger partial charge in [0.05, 0.1) is 7.11 Å². The molecule has 0 aliphatic carbocycles. The quantitative estimate of drug-likeness (QED) is 0.722. The average molecular weight is 371 g/mol. The third kappa shape index (κ3) is 4.43. The summed E-state index contributed by atoms with van der Waals surface area (Å²) >= 11 is 0. The van der Waals surface area contributed by atoms with E-state index in [4.69, 9.17) is 10.5 Å². The Kier molecular flexibility index (Phi) is 5.71. The number of halogens is 1. The Morgan fingerprint density at radius 1 is 1.33 bits per heavy atom. The van der Waals surface area contributed by atoms with Gasteiger partial charge in [0, 0.05) is 30.1 Å². The summed E-state index contributed by atoms with van der Waals surface area (Å²) in [6, 6.07) is 10.5. The van der Waals surface area contributed by atoms with Crippen LogP contribution < -0.4 is 21.1 Å². The van der Waals surface area contributed by atoms with Crippen LogP contribution in [0.1, 0.15) is 17.5 Å². The van der Waals surface area contributed by atoms with Gasteiger partial charge in [-0.25, -0.2) is 4.39 Å². The molecule has 0 bridgehead atoms. The zero-order valence-corrected chi connectivity index (χ0v) is 15.0. The summed E-state index contributed by atoms with van der Waals surface area (Å²) in [5.41, 5.74) is 7.97. The molecule has 2 aromatic carbocycles. The molecule has 4 N–H and O–H groups in total. The van der Waals surface area contributed by atoms with Crippen LogP contribution in [-0.2, 0) is 22.4 Å². The molecule has 0 spiro atoms. The molecule has 2 atom stereocenters. The molecule has 2 amide bonds. The Labute approximate surface area is 156 Å². The number of hydrogen-bond donors (Lipinski definition) is 3. The molecule has 1 aliphatic heterocycles. The minimum absolute atomic E-state index is 0.00308. The fraction of sp³-hybridized carbons (Fsp3) is 0.300. The summed E-state index contributed by atoms with van der Waals surface area (Å²) in [6.07, 6.45) is 0.573. The van der Waals surface area contributed by atoms with Crippen molar-refractivity contribution in [3.05, 3.63) is 59.4 Å². The van der Waals surface area contributed by atoms with E-state index in [2.05, 4.69) is 10.6 Å². The molecule has 0 aromatic heterocycles. The van der Waals surface area contributed by atoms with Crippen molar-refractivity contribution in [2.45, 2.75) is 31.3 Å². The fourth-order valence-electron chi connectivity index (χ4n) is 3.23. The molecular weight excluding hydrogens is 349 g/mol. The molecule has 1 unspecified atom stereocenters. The molecule has 1 aliphatic rings. The lowest BCUT2D eigenvalue weighted by Gasteiger charge is -2.27. The van der Waals surface area contributed by atoms with Gasteiger partial charge in [0.2, 0.25) is 11.8 Å². The number of hydrogen-bond acceptors (Lipinski definition) is 4. The highest BCUT2D eigenvalue weighted by Gasteiger charge is 2.29. The maximum atomic E-state index is 13.7. The number of carbonyl (C=O) groups excluding carboxylic acids is 2. The Morgan fingerprint density at radius 2 is 2.11 bits per heavy atom. The van der Waals surface area contributed by atoms with Crippen molar-refractivity contribution in [2.75, 3.05) is 12.4 Å². The van der Waals surface area contributed by atoms with Crippen LogP contribution in [0.25, 0.3) is 0 Å². The van der Waals surface area contributed by atoms with Gasteiger partial charge in [-0.05, 0) is 30.2 Å². The number of ether oxygens (including phenoxy) is 1. The van der Waals surface area contributed by atoms with Gasteiger partial charge in [0.15, 0.2) is 0 Å². The van der Waals surface area contributed by atoms with Gasteiger partial charge >= 0.3 is 0 Å². The lowest BCUT2D eigenvalue weighted by Crippen LogP contribution is -2.48. The smallest absolute Gasteiger partial charge is 0.247 e. The van der Waals surface area contributed by atoms with Gasteiger partial charge in [0.1, 0.15) is 17.6 Å². The number of anilines is 1. The second-order valence-electron chi connectivity index (χ2n) is 6.56. The number of methoxy groups -OCH3 is 1. The first-order valence-electron chi connectivity index (χ1n) is 8.73. The fourth-order valence-corrected chi connectivity index (χ4v) is 3.23. The first kappa shape index (κ1) is 18.8. The number of nitrogens with one attached hydrogen (secondary N) is 2. The molecule has 7 heteroatoms. The molecule has 6 nitrogen and oxygen atoms in total. The Bertz CT molecular complexity index is 856. The molecule has 0 fully saturated rings. The van der Waals surface area contributed by atoms with Crippen LogP contribution in [0.3, 0.4) is 0 Å². The zero-order chi connectivity index (χ0) is 19.4. The number of fused-ring (bicyclic) bond motifs is 1. The molecule has 0 saturated carbocycles. The van der Waals surface area contributed by atoms with E-state index in [9.17, 15) is 14.0 Å². The Balaban J connectivity index is 1.60. The minimum atomic E-state index is -0.707. The van der Waals surface area contributed by atoms with Crippen LogP contribution in [0.2, 0.25) is 0 Å². The highest BCUT2D eigenvalue weighted by Crippen LogP contribution is 2.30. The molecule has 0 saturated heterocycles. The molecule has 142 valence electrons. The van der Waals surface area contributed by atoms with Crippen LogP contribution >= 0.6 is 0 Å². The summed E-state index contributed by atoms with van der Waals surface area (Å²) in [5, 5.41) is 5.49. The van der Waals surface area contributed by atoms with Gasteiger partial charge in [-0.3, -0.25) is 9.59 Å². The molecular formula is C20H22FN3O3. The van der Waals surface area contributed by atoms with E-state index in [-0.39, 0.29) is 30.5 Å². The van der Waals surface area contributed by atoms with Gasteiger partial charge in [-0.1, -0.05) is 24.3 Å². The van der Waals surface area contributed by atoms with Crippen molar-refractivity contribution in [1.82, 2.24) is 5.32 Å². The lowest BCUT2D eigenvalue weighted by molar-refractivity contribution is -0.126. The SMILES string of the molecule is COc1cccc2c1CC(NC(=O)C[C@H](N)Cc1ccccc1F)C(=O)N2. The number of nitrogens with two attached hydrogens (primary N) is 1. The summed E-state index contributed by atoms with van der Waals surface area (Å²) < 4.78 is 19.0. The van der Waals surface area contributed by atoms with Gasteiger partial charge in [0.25, 0.3) is 0 Å². The molecule has 3 rings (SSSR count). The highest BCUT2D eigenvalue weighted by molar-refractivity contribution is 6.00. The normalized spacial score (nSPS) is 16.9. The largest absolute Gasteiger partial charge is 0.496 e. The summed E-state index contributed by atoms with van der Waals surface area (Å²) in [4.78, 5) is 24.6. The van der Waals surface area contributed by atoms with Gasteiger partial charge < -0.3 is 21.1 Å². The maximum Gasteiger partial charge on any atom is 0.247 e. The van der Waals surface area contributed by atoms with Crippen LogP contribution in [0.5, 0.6) is 5.75 Å². The van der Waals surface area contributed by atoms with Crippen LogP contribution in [-0.4, -0.2) is 31.0 Å². The average Bonchev–Trinajstić information content (AvgIpc) is 2.63. The summed E-state index contributed by atoms with van der Waals surface area (Å²) in [7, 11) is 1.56. The number of amides is 2. The lowest BCUT2D eigenvalue weighted by atomic mass is 9.97. The maximum absolute atomic E-state index is 13.7. The zero-order valence-electron chi connectivity index (χ0n) is 15.0. The van der Waals surface area contributed by atoms with E-state index in [1.54, 1.807) is 43.5 Å². The van der Waals surface area contributed by atoms with Crippen molar-refractivity contribution >= 4 is 17.5 Å². The van der Waals surface area contributed by atoms with Crippen molar-refractivity contribution in [2.24, 2.45) is 5.73 Å². The summed E-state index contributed by atoms with van der Waals surface area (Å²) in [6.45, 7) is 0. The van der Waals surface area contributed by atoms with Gasteiger partial charge in [-0.2, -0.15) is 0 Å². The van der Waals surface area contributed by atoms with E-state index < -0.39 is 12.1 Å². The monoisotopic (exact) mass is 371 g/mol. The third-order valence-electron chi connectivity index (χ3n) is 4.56. The molecule has 0 radical (unpaired) electrons. The van der Waals surface area contributed by atoms with E-state index in [0.717, 1.165) is 5.56 Å². The Hall–Kier alpha value is -2.93. The van der Waals surface area contributed by atoms with Crippen molar-refractivity contribution in [1.29, 1.82) is 0 Å². The predicted molar refractivity (Wildman–Crippen MR) is 100.0 cm³/mol. The number of carbonyl (C=O) groups is 2. The van der Waals surface area contributed by atoms with Crippen LogP contribution in [0.4, 0.5) is 10.1 Å². The van der Waals surface area contributed by atoms with E-state index in [1.807, 2.05) is 0 Å². The molecule has 2 aromatic rings. The van der Waals surface area contributed by atoms with E-state index in [0.29, 0.717) is 23.4 Å². The van der Waals surface area contributed by atoms with Crippen LogP contribution in [0, 0.1) is 5.82 Å². The summed E-state index contributed by atoms with van der Waals surface area (Å²) in [5.74, 6) is -0.323. The predicted octanol–water partition coefficient (Wildman–Crippen LogP) is 1.77. The van der Waals surface area contributed by atoms with Crippen molar-refractivity contribution in [3.8, 4) is 5.75 Å². The molecule has 1 heterocycles. The van der Waals surface area contributed by atoms with E-state index in [1.165, 1.54) is 6.07 Å².